The van der Waals surface area contributed by atoms with Crippen molar-refractivity contribution in [3.05, 3.63) is 23.9 Å². The van der Waals surface area contributed by atoms with Gasteiger partial charge in [-0.05, 0) is 19.9 Å². The van der Waals surface area contributed by atoms with Crippen molar-refractivity contribution in [1.29, 1.82) is 10.8 Å². The second-order valence-electron chi connectivity index (χ2n) is 3.92. The van der Waals surface area contributed by atoms with Crippen LogP contribution in [0, 0.1) is 10.8 Å². The zero-order valence-corrected chi connectivity index (χ0v) is 10.3. The number of hydrogen-bond acceptors (Lipinski definition) is 4. The molecule has 1 saturated heterocycles. The van der Waals surface area contributed by atoms with Crippen molar-refractivity contribution >= 4 is 12.1 Å². The molecule has 0 radical (unpaired) electrons. The Balaban J connectivity index is 2.85. The second-order valence-corrected chi connectivity index (χ2v) is 3.92. The third kappa shape index (κ3) is 2.94. The van der Waals surface area contributed by atoms with E-state index in [0.29, 0.717) is 24.6 Å². The molecule has 2 atom stereocenters. The van der Waals surface area contributed by atoms with Gasteiger partial charge in [-0.2, -0.15) is 0 Å². The molecule has 1 aliphatic rings. The minimum atomic E-state index is -0.239. The molecule has 17 heavy (non-hydrogen) atoms. The van der Waals surface area contributed by atoms with Gasteiger partial charge in [-0.25, -0.2) is 0 Å². The Bertz CT molecular complexity index is 348. The van der Waals surface area contributed by atoms with Crippen LogP contribution >= 0.6 is 0 Å². The van der Waals surface area contributed by atoms with Gasteiger partial charge >= 0.3 is 0 Å². The average molecular weight is 236 g/mol. The summed E-state index contributed by atoms with van der Waals surface area (Å²) in [6.07, 6.45) is 5.98. The second kappa shape index (κ2) is 6.20. The van der Waals surface area contributed by atoms with E-state index >= 15 is 0 Å². The molecular formula is C12H20N4O. The first-order valence-corrected chi connectivity index (χ1v) is 5.67. The van der Waals surface area contributed by atoms with E-state index < -0.39 is 0 Å². The topological polar surface area (TPSA) is 86.2 Å². The van der Waals surface area contributed by atoms with E-state index in [4.69, 9.17) is 21.3 Å². The van der Waals surface area contributed by atoms with E-state index in [1.54, 1.807) is 6.08 Å². The standard InChI is InChI=1S/C12H20N4O/c1-3-4-11(15)16-5-6-17-12(9(16)2)10(7-13)8-14/h3-4,7-9,12-13,15H,5-6,14H2,1-2H3/b4-3-,10-8+,13-7?,15-11?. The summed E-state index contributed by atoms with van der Waals surface area (Å²) in [5.41, 5.74) is 6.13. The first-order valence-electron chi connectivity index (χ1n) is 5.67. The number of allylic oxidation sites excluding steroid dienone is 1. The molecule has 1 rings (SSSR count). The maximum absolute atomic E-state index is 7.93. The van der Waals surface area contributed by atoms with Crippen LogP contribution in [0.5, 0.6) is 0 Å². The zero-order chi connectivity index (χ0) is 12.8. The van der Waals surface area contributed by atoms with Crippen molar-refractivity contribution in [3.63, 3.8) is 0 Å². The minimum Gasteiger partial charge on any atom is -0.404 e. The van der Waals surface area contributed by atoms with Crippen molar-refractivity contribution < 1.29 is 4.74 Å². The maximum atomic E-state index is 7.93. The third-order valence-corrected chi connectivity index (χ3v) is 2.88. The van der Waals surface area contributed by atoms with Gasteiger partial charge in [-0.3, -0.25) is 5.41 Å². The highest BCUT2D eigenvalue weighted by Crippen LogP contribution is 2.19. The molecule has 94 valence electrons. The first kappa shape index (κ1) is 13.4. The summed E-state index contributed by atoms with van der Waals surface area (Å²) in [7, 11) is 0. The lowest BCUT2D eigenvalue weighted by molar-refractivity contribution is -0.0154. The van der Waals surface area contributed by atoms with Crippen molar-refractivity contribution in [1.82, 2.24) is 4.90 Å². The van der Waals surface area contributed by atoms with Crippen molar-refractivity contribution in [2.24, 2.45) is 5.73 Å². The van der Waals surface area contributed by atoms with Gasteiger partial charge in [0.1, 0.15) is 11.9 Å². The number of nitrogens with one attached hydrogen (secondary N) is 2. The molecule has 0 aliphatic carbocycles. The average Bonchev–Trinajstić information content (AvgIpc) is 2.33. The zero-order valence-electron chi connectivity index (χ0n) is 10.3. The van der Waals surface area contributed by atoms with E-state index in [-0.39, 0.29) is 12.1 Å². The molecule has 1 fully saturated rings. The van der Waals surface area contributed by atoms with E-state index in [2.05, 4.69) is 0 Å². The Hall–Kier alpha value is -1.62. The summed E-state index contributed by atoms with van der Waals surface area (Å²) in [6.45, 7) is 5.10. The molecule has 4 N–H and O–H groups in total. The van der Waals surface area contributed by atoms with Gasteiger partial charge in [0.25, 0.3) is 0 Å². The highest BCUT2D eigenvalue weighted by Gasteiger charge is 2.31. The van der Waals surface area contributed by atoms with Crippen LogP contribution in [0.2, 0.25) is 0 Å². The quantitative estimate of drug-likeness (QED) is 0.507. The molecule has 0 saturated carbocycles. The van der Waals surface area contributed by atoms with E-state index in [1.165, 1.54) is 12.4 Å². The summed E-state index contributed by atoms with van der Waals surface area (Å²) >= 11 is 0. The first-order chi connectivity index (χ1) is 8.15. The summed E-state index contributed by atoms with van der Waals surface area (Å²) in [5, 5.41) is 15.2. The number of nitrogens with zero attached hydrogens (tertiary/aromatic N) is 1. The van der Waals surface area contributed by atoms with Crippen molar-refractivity contribution in [2.75, 3.05) is 13.2 Å². The number of rotatable bonds is 3. The molecular weight excluding hydrogens is 216 g/mol. The van der Waals surface area contributed by atoms with Gasteiger partial charge < -0.3 is 20.8 Å². The predicted molar refractivity (Wildman–Crippen MR) is 69.5 cm³/mol. The largest absolute Gasteiger partial charge is 0.404 e. The minimum absolute atomic E-state index is 0.00356. The summed E-state index contributed by atoms with van der Waals surface area (Å²) in [4.78, 5) is 1.96. The highest BCUT2D eigenvalue weighted by atomic mass is 16.5. The molecule has 0 spiro atoms. The van der Waals surface area contributed by atoms with Gasteiger partial charge in [0.2, 0.25) is 0 Å². The number of nitrogens with two attached hydrogens (primary N) is 1. The fraction of sp³-hybridized carbons (Fsp3) is 0.500. The van der Waals surface area contributed by atoms with Gasteiger partial charge in [-0.15, -0.1) is 0 Å². The van der Waals surface area contributed by atoms with Gasteiger partial charge in [0, 0.05) is 24.5 Å². The smallest absolute Gasteiger partial charge is 0.120 e. The van der Waals surface area contributed by atoms with E-state index in [0.717, 1.165) is 0 Å². The Labute approximate surface area is 102 Å². The van der Waals surface area contributed by atoms with Crippen LogP contribution in [0.1, 0.15) is 13.8 Å². The van der Waals surface area contributed by atoms with E-state index in [1.807, 2.05) is 24.8 Å². The highest BCUT2D eigenvalue weighted by molar-refractivity contribution is 5.90. The molecule has 0 aromatic rings. The van der Waals surface area contributed by atoms with Crippen molar-refractivity contribution in [2.45, 2.75) is 26.0 Å². The van der Waals surface area contributed by atoms with Crippen LogP contribution in [-0.4, -0.2) is 42.2 Å². The molecule has 1 aliphatic heterocycles. The van der Waals surface area contributed by atoms with Crippen LogP contribution in [0.25, 0.3) is 0 Å². The van der Waals surface area contributed by atoms with Crippen LogP contribution < -0.4 is 5.73 Å². The predicted octanol–water partition coefficient (Wildman–Crippen LogP) is 1.12. The van der Waals surface area contributed by atoms with Crippen molar-refractivity contribution in [3.8, 4) is 0 Å². The normalized spacial score (nSPS) is 26.2. The third-order valence-electron chi connectivity index (χ3n) is 2.88. The van der Waals surface area contributed by atoms with Gasteiger partial charge in [0.15, 0.2) is 0 Å². The van der Waals surface area contributed by atoms with Gasteiger partial charge in [-0.1, -0.05) is 6.08 Å². The Kier molecular flexibility index (Phi) is 4.90. The molecule has 0 amide bonds. The van der Waals surface area contributed by atoms with Crippen LogP contribution in [0.3, 0.4) is 0 Å². The Morgan fingerprint density at radius 3 is 2.76 bits per heavy atom. The number of hydrogen-bond donors (Lipinski definition) is 3. The molecule has 5 heteroatoms. The van der Waals surface area contributed by atoms with Crippen LogP contribution in [0.15, 0.2) is 23.9 Å². The van der Waals surface area contributed by atoms with Gasteiger partial charge in [0.05, 0.1) is 12.6 Å². The number of morpholine rings is 1. The van der Waals surface area contributed by atoms with E-state index in [9.17, 15) is 0 Å². The summed E-state index contributed by atoms with van der Waals surface area (Å²) in [6, 6.07) is 0.00356. The maximum Gasteiger partial charge on any atom is 0.120 e. The lowest BCUT2D eigenvalue weighted by Gasteiger charge is -2.40. The SMILES string of the molecule is C/C=C\C(=N)N1CCOC(/C(C=N)=C/N)C1C. The summed E-state index contributed by atoms with van der Waals surface area (Å²) in [5.74, 6) is 0.467. The monoisotopic (exact) mass is 236 g/mol. The molecule has 0 aromatic carbocycles. The Morgan fingerprint density at radius 1 is 1.53 bits per heavy atom. The molecule has 5 nitrogen and oxygen atoms in total. The fourth-order valence-corrected chi connectivity index (χ4v) is 1.98. The van der Waals surface area contributed by atoms with Crippen LogP contribution in [0.4, 0.5) is 0 Å². The molecule has 0 aromatic heterocycles. The number of amidine groups is 1. The van der Waals surface area contributed by atoms with Crippen LogP contribution in [-0.2, 0) is 4.74 Å². The number of ether oxygens (including phenoxy) is 1. The lowest BCUT2D eigenvalue weighted by Crippen LogP contribution is -2.52. The molecule has 0 bridgehead atoms. The Morgan fingerprint density at radius 2 is 2.24 bits per heavy atom. The summed E-state index contributed by atoms with van der Waals surface area (Å²) < 4.78 is 5.63. The molecule has 2 unspecified atom stereocenters. The lowest BCUT2D eigenvalue weighted by atomic mass is 10.0. The molecule has 1 heterocycles. The fourth-order valence-electron chi connectivity index (χ4n) is 1.98.